The van der Waals surface area contributed by atoms with Crippen molar-refractivity contribution in [2.45, 2.75) is 19.4 Å². The summed E-state index contributed by atoms with van der Waals surface area (Å²) in [4.78, 5) is 0. The van der Waals surface area contributed by atoms with Gasteiger partial charge < -0.3 is 5.11 Å². The minimum Gasteiger partial charge on any atom is -0.378 e. The Morgan fingerprint density at radius 3 is 2.00 bits per heavy atom. The van der Waals surface area contributed by atoms with E-state index in [2.05, 4.69) is 35.8 Å². The number of aliphatic hydroxyl groups is 1. The fourth-order valence-electron chi connectivity index (χ4n) is 1.66. The van der Waals surface area contributed by atoms with Crippen LogP contribution in [-0.4, -0.2) is 10.7 Å². The summed E-state index contributed by atoms with van der Waals surface area (Å²) in [7, 11) is 0. The van der Waals surface area contributed by atoms with Crippen molar-refractivity contribution < 1.29 is 5.11 Å². The van der Waals surface area contributed by atoms with Crippen LogP contribution in [0.1, 0.15) is 19.4 Å². The van der Waals surface area contributed by atoms with Crippen LogP contribution < -0.4 is 0 Å². The van der Waals surface area contributed by atoms with Crippen LogP contribution in [0.5, 0.6) is 0 Å². The topological polar surface area (TPSA) is 20.2 Å². The first-order valence-electron chi connectivity index (χ1n) is 6.46. The molecule has 0 heterocycles. The van der Waals surface area contributed by atoms with E-state index in [0.29, 0.717) is 0 Å². The zero-order valence-corrected chi connectivity index (χ0v) is 11.6. The van der Waals surface area contributed by atoms with Crippen LogP contribution in [0.15, 0.2) is 54.6 Å². The van der Waals surface area contributed by atoms with Gasteiger partial charge in [0.25, 0.3) is 0 Å². The maximum absolute atomic E-state index is 9.44. The number of rotatable bonds is 1. The molecule has 2 aromatic carbocycles. The van der Waals surface area contributed by atoms with E-state index in [9.17, 15) is 5.11 Å². The second-order valence-corrected chi connectivity index (χ2v) is 5.00. The normalized spacial score (nSPS) is 9.95. The van der Waals surface area contributed by atoms with Crippen molar-refractivity contribution in [2.75, 3.05) is 0 Å². The highest BCUT2D eigenvalue weighted by molar-refractivity contribution is 5.64. The molecule has 1 N–H and O–H groups in total. The molecule has 0 aliphatic heterocycles. The predicted molar refractivity (Wildman–Crippen MR) is 82.8 cm³/mol. The highest BCUT2D eigenvalue weighted by atomic mass is 16.3. The SMILES string of the molecule is CC(C)(O)C#CC#Cc1ccc(-c2ccccc2)cc1. The standard InChI is InChI=1S/C19H16O/c1-19(2,20)15-7-6-8-16-11-13-18(14-12-16)17-9-4-3-5-10-17/h3-5,9-14,20H,1-2H3. The van der Waals surface area contributed by atoms with Crippen LogP contribution in [0.3, 0.4) is 0 Å². The van der Waals surface area contributed by atoms with Gasteiger partial charge in [0.15, 0.2) is 0 Å². The van der Waals surface area contributed by atoms with Gasteiger partial charge in [-0.05, 0) is 48.9 Å². The Balaban J connectivity index is 2.13. The summed E-state index contributed by atoms with van der Waals surface area (Å²) in [6.45, 7) is 3.27. The van der Waals surface area contributed by atoms with Gasteiger partial charge in [-0.1, -0.05) is 54.3 Å². The zero-order valence-electron chi connectivity index (χ0n) is 11.6. The number of hydrogen-bond acceptors (Lipinski definition) is 1. The van der Waals surface area contributed by atoms with Crippen LogP contribution in [0.2, 0.25) is 0 Å². The van der Waals surface area contributed by atoms with Crippen molar-refractivity contribution in [2.24, 2.45) is 0 Å². The third-order valence-electron chi connectivity index (χ3n) is 2.63. The van der Waals surface area contributed by atoms with E-state index in [-0.39, 0.29) is 0 Å². The Hall–Kier alpha value is -2.48. The zero-order chi connectivity index (χ0) is 14.4. The van der Waals surface area contributed by atoms with Crippen molar-refractivity contribution in [1.82, 2.24) is 0 Å². The van der Waals surface area contributed by atoms with Crippen LogP contribution >= 0.6 is 0 Å². The molecule has 0 fully saturated rings. The molecule has 1 nitrogen and oxygen atoms in total. The second-order valence-electron chi connectivity index (χ2n) is 5.00. The van der Waals surface area contributed by atoms with Crippen LogP contribution in [-0.2, 0) is 0 Å². The van der Waals surface area contributed by atoms with Crippen LogP contribution in [0, 0.1) is 23.7 Å². The van der Waals surface area contributed by atoms with E-state index >= 15 is 0 Å². The Labute approximate surface area is 120 Å². The largest absolute Gasteiger partial charge is 0.378 e. The van der Waals surface area contributed by atoms with E-state index < -0.39 is 5.60 Å². The van der Waals surface area contributed by atoms with Gasteiger partial charge in [-0.15, -0.1) is 0 Å². The average Bonchev–Trinajstić information content (AvgIpc) is 2.44. The third kappa shape index (κ3) is 4.32. The molecular formula is C19H16O. The summed E-state index contributed by atoms with van der Waals surface area (Å²) in [5.74, 6) is 11.0. The van der Waals surface area contributed by atoms with Crippen molar-refractivity contribution in [3.8, 4) is 34.8 Å². The summed E-state index contributed by atoms with van der Waals surface area (Å²) in [5.41, 5.74) is 2.27. The first-order chi connectivity index (χ1) is 9.54. The van der Waals surface area contributed by atoms with Gasteiger partial charge >= 0.3 is 0 Å². The molecule has 20 heavy (non-hydrogen) atoms. The van der Waals surface area contributed by atoms with Gasteiger partial charge in [0, 0.05) is 5.56 Å². The predicted octanol–water partition coefficient (Wildman–Crippen LogP) is 3.48. The maximum Gasteiger partial charge on any atom is 0.120 e. The lowest BCUT2D eigenvalue weighted by molar-refractivity contribution is 0.143. The fraction of sp³-hybridized carbons (Fsp3) is 0.158. The van der Waals surface area contributed by atoms with Gasteiger partial charge in [0.2, 0.25) is 0 Å². The Morgan fingerprint density at radius 2 is 1.40 bits per heavy atom. The molecule has 0 spiro atoms. The van der Waals surface area contributed by atoms with E-state index in [4.69, 9.17) is 0 Å². The quantitative estimate of drug-likeness (QED) is 0.778. The molecule has 1 heteroatoms. The Morgan fingerprint density at radius 1 is 0.800 bits per heavy atom. The van der Waals surface area contributed by atoms with E-state index in [1.165, 1.54) is 11.1 Å². The minimum atomic E-state index is -0.994. The van der Waals surface area contributed by atoms with Gasteiger partial charge in [-0.25, -0.2) is 0 Å². The molecule has 0 aromatic heterocycles. The molecular weight excluding hydrogens is 244 g/mol. The number of benzene rings is 2. The van der Waals surface area contributed by atoms with Crippen molar-refractivity contribution in [3.05, 3.63) is 60.2 Å². The van der Waals surface area contributed by atoms with Crippen molar-refractivity contribution >= 4 is 0 Å². The summed E-state index contributed by atoms with van der Waals surface area (Å²) < 4.78 is 0. The Kier molecular flexibility index (Phi) is 4.26. The van der Waals surface area contributed by atoms with Gasteiger partial charge in [-0.2, -0.15) is 0 Å². The summed E-state index contributed by atoms with van der Waals surface area (Å²) in [6, 6.07) is 18.2. The molecule has 2 aromatic rings. The molecule has 0 saturated heterocycles. The average molecular weight is 260 g/mol. The lowest BCUT2D eigenvalue weighted by Crippen LogP contribution is -2.14. The van der Waals surface area contributed by atoms with E-state index in [1.807, 2.05) is 42.5 Å². The molecule has 0 aliphatic rings. The molecule has 98 valence electrons. The van der Waals surface area contributed by atoms with Crippen LogP contribution in [0.25, 0.3) is 11.1 Å². The molecule has 0 amide bonds. The summed E-state index contributed by atoms with van der Waals surface area (Å²) in [5, 5.41) is 9.44. The molecule has 0 atom stereocenters. The van der Waals surface area contributed by atoms with Gasteiger partial charge in [0.1, 0.15) is 5.60 Å². The molecule has 0 unspecified atom stereocenters. The first kappa shape index (κ1) is 13.9. The highest BCUT2D eigenvalue weighted by Gasteiger charge is 2.04. The van der Waals surface area contributed by atoms with Crippen LogP contribution in [0.4, 0.5) is 0 Å². The minimum absolute atomic E-state index is 0.912. The molecule has 0 aliphatic carbocycles. The molecule has 0 bridgehead atoms. The second kappa shape index (κ2) is 6.11. The monoisotopic (exact) mass is 260 g/mol. The fourth-order valence-corrected chi connectivity index (χ4v) is 1.66. The third-order valence-corrected chi connectivity index (χ3v) is 2.63. The van der Waals surface area contributed by atoms with Crippen molar-refractivity contribution in [1.29, 1.82) is 0 Å². The molecule has 0 radical (unpaired) electrons. The maximum atomic E-state index is 9.44. The van der Waals surface area contributed by atoms with Gasteiger partial charge in [0.05, 0.1) is 0 Å². The summed E-state index contributed by atoms with van der Waals surface area (Å²) >= 11 is 0. The van der Waals surface area contributed by atoms with Gasteiger partial charge in [-0.3, -0.25) is 0 Å². The smallest absolute Gasteiger partial charge is 0.120 e. The Bertz CT molecular complexity index is 681. The van der Waals surface area contributed by atoms with E-state index in [1.54, 1.807) is 13.8 Å². The molecule has 2 rings (SSSR count). The van der Waals surface area contributed by atoms with Crippen molar-refractivity contribution in [3.63, 3.8) is 0 Å². The molecule has 0 saturated carbocycles. The summed E-state index contributed by atoms with van der Waals surface area (Å²) in [6.07, 6.45) is 0. The highest BCUT2D eigenvalue weighted by Crippen LogP contribution is 2.18. The number of hydrogen-bond donors (Lipinski definition) is 1. The lowest BCUT2D eigenvalue weighted by atomic mass is 10.0. The lowest BCUT2D eigenvalue weighted by Gasteiger charge is -2.04. The van der Waals surface area contributed by atoms with E-state index in [0.717, 1.165) is 5.56 Å². The first-order valence-corrected chi connectivity index (χ1v) is 6.46.